The molecule has 1 aromatic heterocycles. The molecular weight excluding hydrogens is 364 g/mol. The summed E-state index contributed by atoms with van der Waals surface area (Å²) in [5, 5.41) is 9.58. The van der Waals surface area contributed by atoms with Gasteiger partial charge in [-0.3, -0.25) is 0 Å². The number of halogens is 2. The van der Waals surface area contributed by atoms with Gasteiger partial charge in [-0.15, -0.1) is 10.2 Å². The van der Waals surface area contributed by atoms with Crippen molar-refractivity contribution in [3.05, 3.63) is 33.5 Å². The fraction of sp³-hybridized carbons (Fsp3) is 0.333. The molecule has 0 aliphatic carbocycles. The van der Waals surface area contributed by atoms with Crippen LogP contribution in [0.25, 0.3) is 0 Å². The van der Waals surface area contributed by atoms with Crippen molar-refractivity contribution in [2.45, 2.75) is 11.7 Å². The first-order valence-corrected chi connectivity index (χ1v) is 8.06. The number of ether oxygens (including phenoxy) is 1. The lowest BCUT2D eigenvalue weighted by atomic mass is 10.3. The van der Waals surface area contributed by atoms with Crippen LogP contribution in [0.3, 0.4) is 0 Å². The molecule has 0 amide bonds. The van der Waals surface area contributed by atoms with Gasteiger partial charge in [-0.05, 0) is 34.1 Å². The van der Waals surface area contributed by atoms with E-state index in [1.807, 2.05) is 17.7 Å². The van der Waals surface area contributed by atoms with Crippen LogP contribution >= 0.6 is 39.3 Å². The first kappa shape index (κ1) is 15.6. The highest BCUT2D eigenvalue weighted by Crippen LogP contribution is 2.28. The first-order valence-electron chi connectivity index (χ1n) is 5.91. The Labute approximate surface area is 135 Å². The molecule has 0 unspecified atom stereocenters. The zero-order valence-electron chi connectivity index (χ0n) is 10.8. The quantitative estimate of drug-likeness (QED) is 0.619. The maximum atomic E-state index is 5.87. The number of aromatic nitrogens is 3. The summed E-state index contributed by atoms with van der Waals surface area (Å²) in [6.07, 6.45) is 0. The van der Waals surface area contributed by atoms with Gasteiger partial charge in [0, 0.05) is 17.8 Å². The largest absolute Gasteiger partial charge is 0.492 e. The van der Waals surface area contributed by atoms with Crippen LogP contribution < -0.4 is 10.5 Å². The van der Waals surface area contributed by atoms with E-state index in [4.69, 9.17) is 22.1 Å². The number of thioether (sulfide) groups is 1. The van der Waals surface area contributed by atoms with Crippen LogP contribution in [0.5, 0.6) is 5.75 Å². The summed E-state index contributed by atoms with van der Waals surface area (Å²) < 4.78 is 8.42. The fourth-order valence-electron chi connectivity index (χ4n) is 1.53. The van der Waals surface area contributed by atoms with Gasteiger partial charge in [-0.2, -0.15) is 0 Å². The van der Waals surface area contributed by atoms with Gasteiger partial charge in [0.2, 0.25) is 0 Å². The van der Waals surface area contributed by atoms with Crippen molar-refractivity contribution in [1.82, 2.24) is 14.8 Å². The summed E-state index contributed by atoms with van der Waals surface area (Å²) in [6, 6.07) is 5.44. The Kier molecular flexibility index (Phi) is 5.71. The maximum Gasteiger partial charge on any atom is 0.191 e. The van der Waals surface area contributed by atoms with Crippen molar-refractivity contribution in [3.8, 4) is 5.75 Å². The molecule has 0 bridgehead atoms. The summed E-state index contributed by atoms with van der Waals surface area (Å²) in [5.41, 5.74) is 5.55. The average Bonchev–Trinajstić information content (AvgIpc) is 2.77. The third-order valence-electron chi connectivity index (χ3n) is 2.57. The highest BCUT2D eigenvalue weighted by Gasteiger charge is 2.08. The van der Waals surface area contributed by atoms with Crippen LogP contribution in [-0.4, -0.2) is 27.1 Å². The molecule has 108 valence electrons. The zero-order valence-corrected chi connectivity index (χ0v) is 14.0. The average molecular weight is 378 g/mol. The van der Waals surface area contributed by atoms with Crippen molar-refractivity contribution < 1.29 is 4.74 Å². The van der Waals surface area contributed by atoms with Gasteiger partial charge in [0.15, 0.2) is 5.16 Å². The molecule has 1 heterocycles. The standard InChI is InChI=1S/C12H14BrClN4OS/c1-18-11(7-15)16-17-12(18)20-5-4-19-10-3-2-8(14)6-9(10)13/h2-3,6H,4-5,7,15H2,1H3. The zero-order chi connectivity index (χ0) is 14.5. The van der Waals surface area contributed by atoms with E-state index in [0.29, 0.717) is 18.2 Å². The highest BCUT2D eigenvalue weighted by atomic mass is 79.9. The van der Waals surface area contributed by atoms with Gasteiger partial charge in [-0.1, -0.05) is 23.4 Å². The molecule has 0 atom stereocenters. The monoisotopic (exact) mass is 376 g/mol. The molecule has 2 N–H and O–H groups in total. The predicted molar refractivity (Wildman–Crippen MR) is 84.3 cm³/mol. The molecule has 0 saturated carbocycles. The van der Waals surface area contributed by atoms with Gasteiger partial charge in [0.25, 0.3) is 0 Å². The summed E-state index contributed by atoms with van der Waals surface area (Å²) in [6.45, 7) is 0.952. The molecule has 2 rings (SSSR count). The van der Waals surface area contributed by atoms with Crippen LogP contribution in [0.1, 0.15) is 5.82 Å². The molecule has 0 saturated heterocycles. The van der Waals surface area contributed by atoms with Crippen molar-refractivity contribution in [1.29, 1.82) is 0 Å². The number of rotatable bonds is 6. The minimum atomic E-state index is 0.387. The molecule has 2 aromatic rings. The van der Waals surface area contributed by atoms with E-state index in [9.17, 15) is 0 Å². The Morgan fingerprint density at radius 2 is 2.25 bits per heavy atom. The van der Waals surface area contributed by atoms with E-state index in [0.717, 1.165) is 27.0 Å². The molecule has 0 spiro atoms. The second-order valence-electron chi connectivity index (χ2n) is 3.93. The molecule has 1 aromatic carbocycles. The maximum absolute atomic E-state index is 5.87. The molecule has 0 fully saturated rings. The minimum absolute atomic E-state index is 0.387. The van der Waals surface area contributed by atoms with E-state index in [1.165, 1.54) is 0 Å². The van der Waals surface area contributed by atoms with E-state index >= 15 is 0 Å². The second kappa shape index (κ2) is 7.31. The van der Waals surface area contributed by atoms with Gasteiger partial charge >= 0.3 is 0 Å². The van der Waals surface area contributed by atoms with Gasteiger partial charge in [-0.25, -0.2) is 0 Å². The molecule has 0 aliphatic rings. The normalized spacial score (nSPS) is 10.8. The topological polar surface area (TPSA) is 66.0 Å². The highest BCUT2D eigenvalue weighted by molar-refractivity contribution is 9.10. The van der Waals surface area contributed by atoms with Crippen molar-refractivity contribution >= 4 is 39.3 Å². The Morgan fingerprint density at radius 1 is 1.45 bits per heavy atom. The van der Waals surface area contributed by atoms with Gasteiger partial charge in [0.05, 0.1) is 17.6 Å². The van der Waals surface area contributed by atoms with E-state index in [2.05, 4.69) is 26.1 Å². The van der Waals surface area contributed by atoms with Crippen LogP contribution in [0.2, 0.25) is 5.02 Å². The van der Waals surface area contributed by atoms with Crippen molar-refractivity contribution in [2.24, 2.45) is 12.8 Å². The van der Waals surface area contributed by atoms with E-state index in [-0.39, 0.29) is 0 Å². The molecule has 0 radical (unpaired) electrons. The summed E-state index contributed by atoms with van der Waals surface area (Å²) >= 11 is 10.9. The Bertz CT molecular complexity index is 593. The van der Waals surface area contributed by atoms with Crippen molar-refractivity contribution in [2.75, 3.05) is 12.4 Å². The fourth-order valence-corrected chi connectivity index (χ4v) is 3.07. The number of hydrogen-bond acceptors (Lipinski definition) is 5. The molecule has 5 nitrogen and oxygen atoms in total. The van der Waals surface area contributed by atoms with Crippen LogP contribution in [-0.2, 0) is 13.6 Å². The minimum Gasteiger partial charge on any atom is -0.492 e. The Balaban J connectivity index is 1.83. The second-order valence-corrected chi connectivity index (χ2v) is 6.29. The van der Waals surface area contributed by atoms with E-state index in [1.54, 1.807) is 23.9 Å². The summed E-state index contributed by atoms with van der Waals surface area (Å²) in [4.78, 5) is 0. The number of nitrogens with two attached hydrogens (primary N) is 1. The smallest absolute Gasteiger partial charge is 0.191 e. The van der Waals surface area contributed by atoms with Crippen LogP contribution in [0.15, 0.2) is 27.8 Å². The lowest BCUT2D eigenvalue weighted by molar-refractivity contribution is 0.341. The third-order valence-corrected chi connectivity index (χ3v) is 4.41. The SMILES string of the molecule is Cn1c(CN)nnc1SCCOc1ccc(Cl)cc1Br. The Hall–Kier alpha value is -0.760. The molecule has 0 aliphatic heterocycles. The number of benzene rings is 1. The number of hydrogen-bond donors (Lipinski definition) is 1. The van der Waals surface area contributed by atoms with Crippen LogP contribution in [0.4, 0.5) is 0 Å². The van der Waals surface area contributed by atoms with Gasteiger partial charge < -0.3 is 15.0 Å². The van der Waals surface area contributed by atoms with Gasteiger partial charge in [0.1, 0.15) is 11.6 Å². The molecule has 8 heteroatoms. The molecular formula is C12H14BrClN4OS. The van der Waals surface area contributed by atoms with Crippen molar-refractivity contribution in [3.63, 3.8) is 0 Å². The number of nitrogens with zero attached hydrogens (tertiary/aromatic N) is 3. The lowest BCUT2D eigenvalue weighted by Gasteiger charge is -2.08. The first-order chi connectivity index (χ1) is 9.61. The predicted octanol–water partition coefficient (Wildman–Crippen LogP) is 2.86. The third kappa shape index (κ3) is 3.88. The summed E-state index contributed by atoms with van der Waals surface area (Å²) in [5.74, 6) is 2.32. The van der Waals surface area contributed by atoms with Crippen LogP contribution in [0, 0.1) is 0 Å². The summed E-state index contributed by atoms with van der Waals surface area (Å²) in [7, 11) is 1.90. The molecule has 20 heavy (non-hydrogen) atoms. The lowest BCUT2D eigenvalue weighted by Crippen LogP contribution is -2.06. The Morgan fingerprint density at radius 3 is 2.90 bits per heavy atom. The van der Waals surface area contributed by atoms with E-state index < -0.39 is 0 Å².